The van der Waals surface area contributed by atoms with Gasteiger partial charge in [-0.3, -0.25) is 13.9 Å². The number of halogens is 1. The van der Waals surface area contributed by atoms with Crippen LogP contribution >= 0.6 is 11.6 Å². The third-order valence-electron chi connectivity index (χ3n) is 7.19. The van der Waals surface area contributed by atoms with Gasteiger partial charge in [-0.25, -0.2) is 8.42 Å². The molecule has 0 unspecified atom stereocenters. The zero-order chi connectivity index (χ0) is 31.9. The summed E-state index contributed by atoms with van der Waals surface area (Å²) in [5.74, 6) is -0.853. The van der Waals surface area contributed by atoms with Crippen LogP contribution in [0, 0.1) is 13.8 Å². The number of rotatable bonds is 12. The molecule has 2 amide bonds. The maximum atomic E-state index is 14.5. The molecule has 0 saturated carbocycles. The van der Waals surface area contributed by atoms with E-state index in [0.717, 1.165) is 15.4 Å². The van der Waals surface area contributed by atoms with Gasteiger partial charge in [0.1, 0.15) is 12.6 Å². The molecule has 0 bridgehead atoms. The van der Waals surface area contributed by atoms with Crippen LogP contribution < -0.4 is 9.62 Å². The van der Waals surface area contributed by atoms with Gasteiger partial charge in [-0.05, 0) is 80.3 Å². The molecule has 0 aliphatic carbocycles. The Hall–Kier alpha value is -4.14. The maximum Gasteiger partial charge on any atom is 0.264 e. The van der Waals surface area contributed by atoms with E-state index in [1.807, 2.05) is 76.2 Å². The van der Waals surface area contributed by atoms with Gasteiger partial charge in [-0.15, -0.1) is 0 Å². The number of nitrogens with one attached hydrogen (secondary N) is 1. The number of benzene rings is 4. The van der Waals surface area contributed by atoms with Crippen molar-refractivity contribution in [2.45, 2.75) is 57.6 Å². The molecule has 0 radical (unpaired) electrons. The van der Waals surface area contributed by atoms with Gasteiger partial charge < -0.3 is 10.2 Å². The summed E-state index contributed by atoms with van der Waals surface area (Å²) in [7, 11) is -4.16. The molecule has 9 heteroatoms. The van der Waals surface area contributed by atoms with Crippen LogP contribution in [0.25, 0.3) is 0 Å². The number of carbonyl (C=O) groups excluding carboxylic acids is 2. The maximum absolute atomic E-state index is 14.5. The highest BCUT2D eigenvalue weighted by atomic mass is 35.5. The Morgan fingerprint density at radius 2 is 1.45 bits per heavy atom. The zero-order valence-electron chi connectivity index (χ0n) is 25.4. The minimum Gasteiger partial charge on any atom is -0.352 e. The van der Waals surface area contributed by atoms with Crippen molar-refractivity contribution in [1.82, 2.24) is 10.2 Å². The van der Waals surface area contributed by atoms with Crippen LogP contribution in [0.5, 0.6) is 0 Å². The van der Waals surface area contributed by atoms with Crippen molar-refractivity contribution in [3.05, 3.63) is 130 Å². The molecule has 4 aromatic rings. The van der Waals surface area contributed by atoms with Crippen LogP contribution in [0.2, 0.25) is 5.02 Å². The number of anilines is 1. The lowest BCUT2D eigenvalue weighted by Crippen LogP contribution is -2.54. The first-order valence-corrected chi connectivity index (χ1v) is 16.3. The highest BCUT2D eigenvalue weighted by Crippen LogP contribution is 2.29. The predicted octanol–water partition coefficient (Wildman–Crippen LogP) is 6.32. The summed E-state index contributed by atoms with van der Waals surface area (Å²) in [5, 5.41) is 3.45. The standard InChI is InChI=1S/C35H38ClN3O4S/c1-25(2)37-35(41)33(22-28-12-7-5-8-13-28)38(23-29-14-11-15-30(36)21-29)34(40)24-39(32-20-26(3)18-19-27(32)4)44(42,43)31-16-9-6-10-17-31/h5-21,25,33H,22-24H2,1-4H3,(H,37,41)/t33-/m1/s1. The molecular weight excluding hydrogens is 594 g/mol. The zero-order valence-corrected chi connectivity index (χ0v) is 27.0. The Bertz CT molecular complexity index is 1700. The number of hydrogen-bond acceptors (Lipinski definition) is 4. The van der Waals surface area contributed by atoms with Crippen LogP contribution in [0.3, 0.4) is 0 Å². The van der Waals surface area contributed by atoms with E-state index in [4.69, 9.17) is 11.6 Å². The Balaban J connectivity index is 1.83. The minimum absolute atomic E-state index is 0.0500. The molecule has 1 N–H and O–H groups in total. The van der Waals surface area contributed by atoms with Crippen molar-refractivity contribution in [2.75, 3.05) is 10.8 Å². The van der Waals surface area contributed by atoms with Gasteiger partial charge in [0.05, 0.1) is 10.6 Å². The summed E-state index contributed by atoms with van der Waals surface area (Å²) in [6.07, 6.45) is 0.237. The summed E-state index contributed by atoms with van der Waals surface area (Å²) < 4.78 is 29.5. The summed E-state index contributed by atoms with van der Waals surface area (Å²) in [5.41, 5.74) is 3.52. The van der Waals surface area contributed by atoms with Crippen LogP contribution in [0.15, 0.2) is 108 Å². The molecule has 44 heavy (non-hydrogen) atoms. The molecule has 0 heterocycles. The second-order valence-corrected chi connectivity index (χ2v) is 13.4. The highest BCUT2D eigenvalue weighted by molar-refractivity contribution is 7.92. The normalized spacial score (nSPS) is 12.0. The van der Waals surface area contributed by atoms with Gasteiger partial charge in [0, 0.05) is 24.0 Å². The van der Waals surface area contributed by atoms with E-state index in [-0.39, 0.29) is 29.8 Å². The van der Waals surface area contributed by atoms with E-state index in [0.29, 0.717) is 21.8 Å². The first-order valence-electron chi connectivity index (χ1n) is 14.5. The molecule has 0 aliphatic rings. The molecular formula is C35H38ClN3O4S. The molecule has 0 saturated heterocycles. The molecule has 4 rings (SSSR count). The summed E-state index contributed by atoms with van der Waals surface area (Å²) in [6.45, 7) is 6.93. The SMILES string of the molecule is Cc1ccc(C)c(N(CC(=O)N(Cc2cccc(Cl)c2)[C@H](Cc2ccccc2)C(=O)NC(C)C)S(=O)(=O)c2ccccc2)c1. The lowest BCUT2D eigenvalue weighted by molar-refractivity contribution is -0.140. The lowest BCUT2D eigenvalue weighted by Gasteiger charge is -2.34. The Kier molecular flexibility index (Phi) is 10.8. The van der Waals surface area contributed by atoms with Gasteiger partial charge in [0.2, 0.25) is 11.8 Å². The molecule has 4 aromatic carbocycles. The summed E-state index contributed by atoms with van der Waals surface area (Å²) >= 11 is 6.30. The van der Waals surface area contributed by atoms with E-state index in [1.165, 1.54) is 17.0 Å². The fraction of sp³-hybridized carbons (Fsp3) is 0.257. The second kappa shape index (κ2) is 14.6. The van der Waals surface area contributed by atoms with Gasteiger partial charge in [0.25, 0.3) is 10.0 Å². The van der Waals surface area contributed by atoms with Crippen molar-refractivity contribution >= 4 is 39.1 Å². The van der Waals surface area contributed by atoms with E-state index >= 15 is 0 Å². The summed E-state index contributed by atoms with van der Waals surface area (Å²) in [6, 6.07) is 29.0. The minimum atomic E-state index is -4.16. The monoisotopic (exact) mass is 631 g/mol. The molecule has 0 aromatic heterocycles. The number of amides is 2. The van der Waals surface area contributed by atoms with Gasteiger partial charge in [-0.1, -0.05) is 84.4 Å². The van der Waals surface area contributed by atoms with Crippen LogP contribution in [-0.2, 0) is 32.6 Å². The topological polar surface area (TPSA) is 86.8 Å². The van der Waals surface area contributed by atoms with E-state index < -0.39 is 28.5 Å². The predicted molar refractivity (Wildman–Crippen MR) is 176 cm³/mol. The second-order valence-electron chi connectivity index (χ2n) is 11.1. The number of hydrogen-bond donors (Lipinski definition) is 1. The number of aryl methyl sites for hydroxylation is 2. The van der Waals surface area contributed by atoms with Crippen LogP contribution in [0.4, 0.5) is 5.69 Å². The highest BCUT2D eigenvalue weighted by Gasteiger charge is 2.35. The van der Waals surface area contributed by atoms with Crippen LogP contribution in [0.1, 0.15) is 36.1 Å². The molecule has 1 atom stereocenters. The average molecular weight is 632 g/mol. The Morgan fingerprint density at radius 3 is 2.09 bits per heavy atom. The van der Waals surface area contributed by atoms with Gasteiger partial charge in [-0.2, -0.15) is 0 Å². The molecule has 0 aliphatic heterocycles. The number of nitrogens with zero attached hydrogens (tertiary/aromatic N) is 2. The fourth-order valence-electron chi connectivity index (χ4n) is 4.99. The third kappa shape index (κ3) is 8.27. The molecule has 7 nitrogen and oxygen atoms in total. The van der Waals surface area contributed by atoms with E-state index in [9.17, 15) is 18.0 Å². The van der Waals surface area contributed by atoms with Crippen molar-refractivity contribution < 1.29 is 18.0 Å². The van der Waals surface area contributed by atoms with Gasteiger partial charge >= 0.3 is 0 Å². The molecule has 0 fully saturated rings. The lowest BCUT2D eigenvalue weighted by atomic mass is 10.0. The van der Waals surface area contributed by atoms with Crippen molar-refractivity contribution in [3.8, 4) is 0 Å². The smallest absolute Gasteiger partial charge is 0.264 e. The fourth-order valence-corrected chi connectivity index (χ4v) is 6.69. The van der Waals surface area contributed by atoms with E-state index in [2.05, 4.69) is 5.32 Å². The quantitative estimate of drug-likeness (QED) is 0.198. The molecule has 230 valence electrons. The van der Waals surface area contributed by atoms with Gasteiger partial charge in [0.15, 0.2) is 0 Å². The van der Waals surface area contributed by atoms with Crippen molar-refractivity contribution in [1.29, 1.82) is 0 Å². The Labute approximate surface area is 265 Å². The first-order chi connectivity index (χ1) is 21.0. The first kappa shape index (κ1) is 32.8. The van der Waals surface area contributed by atoms with Crippen LogP contribution in [-0.4, -0.2) is 43.8 Å². The summed E-state index contributed by atoms with van der Waals surface area (Å²) in [4.78, 5) is 29.8. The number of carbonyl (C=O) groups is 2. The van der Waals surface area contributed by atoms with Crippen molar-refractivity contribution in [2.24, 2.45) is 0 Å². The van der Waals surface area contributed by atoms with Crippen molar-refractivity contribution in [3.63, 3.8) is 0 Å². The largest absolute Gasteiger partial charge is 0.352 e. The average Bonchev–Trinajstić information content (AvgIpc) is 2.99. The molecule has 0 spiro atoms. The third-order valence-corrected chi connectivity index (χ3v) is 9.20. The van der Waals surface area contributed by atoms with E-state index in [1.54, 1.807) is 42.5 Å². The Morgan fingerprint density at radius 1 is 0.818 bits per heavy atom. The number of sulfonamides is 1.